The first-order valence-electron chi connectivity index (χ1n) is 5.03. The molecule has 1 aromatic carbocycles. The predicted molar refractivity (Wildman–Crippen MR) is 60.8 cm³/mol. The zero-order valence-corrected chi connectivity index (χ0v) is 11.0. The normalized spacial score (nSPS) is 12.8. The van der Waals surface area contributed by atoms with Gasteiger partial charge in [-0.05, 0) is 17.7 Å². The summed E-state index contributed by atoms with van der Waals surface area (Å²) in [7, 11) is 0. The minimum absolute atomic E-state index is 0.0625. The molecular formula is C11H6Cl2F6O. The van der Waals surface area contributed by atoms with Crippen molar-refractivity contribution in [3.63, 3.8) is 0 Å². The third kappa shape index (κ3) is 4.28. The number of halogens is 8. The third-order valence-corrected chi connectivity index (χ3v) is 3.08. The van der Waals surface area contributed by atoms with Crippen LogP contribution in [-0.2, 0) is 11.2 Å². The van der Waals surface area contributed by atoms with Gasteiger partial charge in [-0.3, -0.25) is 4.79 Å². The summed E-state index contributed by atoms with van der Waals surface area (Å²) in [4.78, 5) is 11.3. The highest BCUT2D eigenvalue weighted by Crippen LogP contribution is 2.40. The fraction of sp³-hybridized carbons (Fsp3) is 0.364. The van der Waals surface area contributed by atoms with Crippen LogP contribution in [-0.4, -0.2) is 18.1 Å². The van der Waals surface area contributed by atoms with Gasteiger partial charge in [-0.15, -0.1) is 0 Å². The number of alkyl halides is 6. The Balaban J connectivity index is 3.00. The molecule has 20 heavy (non-hydrogen) atoms. The number of rotatable bonds is 3. The number of carbonyl (C=O) groups is 1. The topological polar surface area (TPSA) is 17.1 Å². The molecule has 0 aliphatic rings. The van der Waals surface area contributed by atoms with E-state index in [-0.39, 0.29) is 15.6 Å². The highest BCUT2D eigenvalue weighted by Gasteiger charge is 2.60. The summed E-state index contributed by atoms with van der Waals surface area (Å²) in [6, 6.07) is 3.37. The quantitative estimate of drug-likeness (QED) is 0.720. The van der Waals surface area contributed by atoms with E-state index < -0.39 is 30.5 Å². The highest BCUT2D eigenvalue weighted by atomic mass is 35.5. The molecule has 0 saturated carbocycles. The van der Waals surface area contributed by atoms with Crippen molar-refractivity contribution >= 4 is 29.0 Å². The van der Waals surface area contributed by atoms with E-state index in [0.717, 1.165) is 12.1 Å². The molecule has 1 nitrogen and oxygen atoms in total. The molecule has 0 heterocycles. The molecule has 0 fully saturated rings. The average Bonchev–Trinajstić information content (AvgIpc) is 2.18. The van der Waals surface area contributed by atoms with E-state index in [1.807, 2.05) is 0 Å². The number of benzene rings is 1. The van der Waals surface area contributed by atoms with Gasteiger partial charge in [0.1, 0.15) is 0 Å². The largest absolute Gasteiger partial charge is 0.407 e. The van der Waals surface area contributed by atoms with Gasteiger partial charge in [0.15, 0.2) is 5.78 Å². The molecule has 0 N–H and O–H groups in total. The van der Waals surface area contributed by atoms with Gasteiger partial charge in [-0.2, -0.15) is 26.3 Å². The van der Waals surface area contributed by atoms with E-state index in [1.165, 1.54) is 6.07 Å². The zero-order valence-electron chi connectivity index (χ0n) is 9.45. The summed E-state index contributed by atoms with van der Waals surface area (Å²) in [6.45, 7) is 0. The van der Waals surface area contributed by atoms with E-state index >= 15 is 0 Å². The second-order valence-electron chi connectivity index (χ2n) is 3.91. The Morgan fingerprint density at radius 1 is 1.00 bits per heavy atom. The van der Waals surface area contributed by atoms with Crippen molar-refractivity contribution in [2.24, 2.45) is 5.92 Å². The van der Waals surface area contributed by atoms with Crippen LogP contribution < -0.4 is 0 Å². The van der Waals surface area contributed by atoms with E-state index in [4.69, 9.17) is 23.2 Å². The molecular weight excluding hydrogens is 333 g/mol. The molecule has 0 bridgehead atoms. The monoisotopic (exact) mass is 338 g/mol. The number of ketones is 1. The van der Waals surface area contributed by atoms with Gasteiger partial charge >= 0.3 is 12.4 Å². The van der Waals surface area contributed by atoms with E-state index in [9.17, 15) is 31.1 Å². The minimum atomic E-state index is -5.69. The van der Waals surface area contributed by atoms with Crippen molar-refractivity contribution in [1.29, 1.82) is 0 Å². The molecule has 0 unspecified atom stereocenters. The lowest BCUT2D eigenvalue weighted by atomic mass is 9.97. The van der Waals surface area contributed by atoms with Crippen molar-refractivity contribution in [3.05, 3.63) is 33.8 Å². The molecule has 0 saturated heterocycles. The lowest BCUT2D eigenvalue weighted by molar-refractivity contribution is -0.273. The smallest absolute Gasteiger partial charge is 0.298 e. The van der Waals surface area contributed by atoms with Gasteiger partial charge in [0, 0.05) is 6.42 Å². The van der Waals surface area contributed by atoms with Crippen LogP contribution in [0.2, 0.25) is 10.0 Å². The van der Waals surface area contributed by atoms with Gasteiger partial charge in [0.25, 0.3) is 0 Å². The standard InChI is InChI=1S/C11H6Cl2F6O/c12-6-2-1-5(3-7(6)13)4-8(20)9(10(14,15)16)11(17,18)19/h1-3,9H,4H2. The van der Waals surface area contributed by atoms with Crippen molar-refractivity contribution < 1.29 is 31.1 Å². The van der Waals surface area contributed by atoms with Crippen LogP contribution >= 0.6 is 23.2 Å². The van der Waals surface area contributed by atoms with Gasteiger partial charge in [-0.25, -0.2) is 0 Å². The van der Waals surface area contributed by atoms with E-state index in [0.29, 0.717) is 0 Å². The van der Waals surface area contributed by atoms with Crippen LogP contribution in [0.15, 0.2) is 18.2 Å². The summed E-state index contributed by atoms with van der Waals surface area (Å²) >= 11 is 11.1. The maximum atomic E-state index is 12.3. The van der Waals surface area contributed by atoms with Crippen LogP contribution in [0.5, 0.6) is 0 Å². The van der Waals surface area contributed by atoms with Crippen molar-refractivity contribution in [3.8, 4) is 0 Å². The van der Waals surface area contributed by atoms with E-state index in [2.05, 4.69) is 0 Å². The number of carbonyl (C=O) groups excluding carboxylic acids is 1. The van der Waals surface area contributed by atoms with Crippen LogP contribution in [0.1, 0.15) is 5.56 Å². The lowest BCUT2D eigenvalue weighted by Crippen LogP contribution is -2.43. The Hall–Kier alpha value is -0.950. The summed E-state index contributed by atoms with van der Waals surface area (Å²) in [5, 5.41) is 0.0126. The molecule has 0 atom stereocenters. The van der Waals surface area contributed by atoms with Gasteiger partial charge in [0.05, 0.1) is 10.0 Å². The summed E-state index contributed by atoms with van der Waals surface area (Å²) in [5.41, 5.74) is -0.0806. The Morgan fingerprint density at radius 3 is 1.90 bits per heavy atom. The second kappa shape index (κ2) is 5.81. The Bertz CT molecular complexity index is 495. The molecule has 0 aliphatic heterocycles. The first-order chi connectivity index (χ1) is 8.93. The number of Topliss-reactive ketones (excluding diaryl/α,β-unsaturated/α-hetero) is 1. The van der Waals surface area contributed by atoms with Gasteiger partial charge < -0.3 is 0 Å². The minimum Gasteiger partial charge on any atom is -0.298 e. The first-order valence-corrected chi connectivity index (χ1v) is 5.78. The van der Waals surface area contributed by atoms with Crippen molar-refractivity contribution in [2.45, 2.75) is 18.8 Å². The van der Waals surface area contributed by atoms with Crippen molar-refractivity contribution in [1.82, 2.24) is 0 Å². The molecule has 0 aromatic heterocycles. The van der Waals surface area contributed by atoms with Crippen molar-refractivity contribution in [2.75, 3.05) is 0 Å². The maximum Gasteiger partial charge on any atom is 0.407 e. The van der Waals surface area contributed by atoms with E-state index in [1.54, 1.807) is 0 Å². The molecule has 0 aliphatic carbocycles. The molecule has 1 aromatic rings. The summed E-state index contributed by atoms with van der Waals surface area (Å²) in [5.74, 6) is -6.01. The molecule has 112 valence electrons. The van der Waals surface area contributed by atoms with Gasteiger partial charge in [-0.1, -0.05) is 29.3 Å². The number of hydrogen-bond acceptors (Lipinski definition) is 1. The molecule has 0 spiro atoms. The summed E-state index contributed by atoms with van der Waals surface area (Å²) < 4.78 is 73.9. The first kappa shape index (κ1) is 17.1. The Morgan fingerprint density at radius 2 is 1.50 bits per heavy atom. The van der Waals surface area contributed by atoms with Crippen LogP contribution in [0.4, 0.5) is 26.3 Å². The van der Waals surface area contributed by atoms with Crippen LogP contribution in [0.3, 0.4) is 0 Å². The molecule has 9 heteroatoms. The average molecular weight is 339 g/mol. The molecule has 0 amide bonds. The fourth-order valence-electron chi connectivity index (χ4n) is 1.50. The second-order valence-corrected chi connectivity index (χ2v) is 4.72. The third-order valence-electron chi connectivity index (χ3n) is 2.34. The van der Waals surface area contributed by atoms with Crippen LogP contribution in [0, 0.1) is 5.92 Å². The molecule has 0 radical (unpaired) electrons. The zero-order chi connectivity index (χ0) is 15.7. The number of hydrogen-bond donors (Lipinski definition) is 0. The van der Waals surface area contributed by atoms with Crippen LogP contribution in [0.25, 0.3) is 0 Å². The lowest BCUT2D eigenvalue weighted by Gasteiger charge is -2.21. The maximum absolute atomic E-state index is 12.3. The van der Waals surface area contributed by atoms with Gasteiger partial charge in [0.2, 0.25) is 5.92 Å². The predicted octanol–water partition coefficient (Wildman–Crippen LogP) is 4.85. The Kier molecular flexibility index (Phi) is 4.97. The summed E-state index contributed by atoms with van der Waals surface area (Å²) in [6.07, 6.45) is -12.4. The molecule has 1 rings (SSSR count). The SMILES string of the molecule is O=C(Cc1ccc(Cl)c(Cl)c1)C(C(F)(F)F)C(F)(F)F. The highest BCUT2D eigenvalue weighted by molar-refractivity contribution is 6.42. The fourth-order valence-corrected chi connectivity index (χ4v) is 1.82. The Labute approximate surface area is 119 Å².